The van der Waals surface area contributed by atoms with Gasteiger partial charge in [0.05, 0.1) is 5.41 Å². The summed E-state index contributed by atoms with van der Waals surface area (Å²) in [6.45, 7) is 5.32. The van der Waals surface area contributed by atoms with Gasteiger partial charge in [-0.05, 0) is 55.3 Å². The lowest BCUT2D eigenvalue weighted by Crippen LogP contribution is -2.43. The molecule has 4 nitrogen and oxygen atoms in total. The highest BCUT2D eigenvalue weighted by atomic mass is 35.5. The van der Waals surface area contributed by atoms with Crippen molar-refractivity contribution in [2.75, 3.05) is 38.5 Å². The van der Waals surface area contributed by atoms with E-state index in [1.807, 2.05) is 36.4 Å². The Morgan fingerprint density at radius 3 is 2.52 bits per heavy atom. The van der Waals surface area contributed by atoms with E-state index in [0.717, 1.165) is 56.8 Å². The minimum absolute atomic E-state index is 0.0708. The molecule has 1 saturated carbocycles. The van der Waals surface area contributed by atoms with Crippen molar-refractivity contribution in [3.05, 3.63) is 64.7 Å². The van der Waals surface area contributed by atoms with Crippen LogP contribution in [-0.2, 0) is 16.8 Å². The lowest BCUT2D eigenvalue weighted by molar-refractivity contribution is -0.118. The van der Waals surface area contributed by atoms with Crippen LogP contribution in [0.5, 0.6) is 0 Å². The molecule has 5 heteroatoms. The number of nitrogens with one attached hydrogen (secondary N) is 1. The maximum atomic E-state index is 13.0. The molecule has 1 amide bonds. The van der Waals surface area contributed by atoms with Crippen molar-refractivity contribution in [3.63, 3.8) is 0 Å². The first-order valence-corrected chi connectivity index (χ1v) is 10.0. The number of rotatable bonds is 5. The summed E-state index contributed by atoms with van der Waals surface area (Å²) in [5.74, 6) is 0.0708. The molecule has 27 heavy (non-hydrogen) atoms. The Labute approximate surface area is 166 Å². The van der Waals surface area contributed by atoms with E-state index in [2.05, 4.69) is 34.3 Å². The lowest BCUT2D eigenvalue weighted by atomic mass is 9.95. The summed E-state index contributed by atoms with van der Waals surface area (Å²) in [6.07, 6.45) is 1.75. The third kappa shape index (κ3) is 4.18. The van der Waals surface area contributed by atoms with E-state index in [9.17, 15) is 4.79 Å². The molecule has 1 heterocycles. The number of piperazine rings is 1. The van der Waals surface area contributed by atoms with Crippen LogP contribution in [0.15, 0.2) is 48.5 Å². The van der Waals surface area contributed by atoms with Crippen LogP contribution in [0.2, 0.25) is 5.02 Å². The van der Waals surface area contributed by atoms with E-state index < -0.39 is 5.41 Å². The maximum Gasteiger partial charge on any atom is 0.235 e. The van der Waals surface area contributed by atoms with Gasteiger partial charge >= 0.3 is 0 Å². The van der Waals surface area contributed by atoms with Crippen molar-refractivity contribution < 1.29 is 4.79 Å². The molecule has 0 bridgehead atoms. The van der Waals surface area contributed by atoms with Crippen molar-refractivity contribution in [2.45, 2.75) is 24.8 Å². The fourth-order valence-electron chi connectivity index (χ4n) is 3.82. The zero-order valence-electron chi connectivity index (χ0n) is 15.7. The van der Waals surface area contributed by atoms with Gasteiger partial charge in [-0.15, -0.1) is 0 Å². The molecule has 1 aliphatic heterocycles. The number of anilines is 1. The van der Waals surface area contributed by atoms with Gasteiger partial charge in [-0.3, -0.25) is 9.69 Å². The zero-order valence-corrected chi connectivity index (χ0v) is 16.5. The highest BCUT2D eigenvalue weighted by Gasteiger charge is 2.51. The number of halogens is 1. The summed E-state index contributed by atoms with van der Waals surface area (Å²) < 4.78 is 0. The largest absolute Gasteiger partial charge is 0.325 e. The zero-order chi connectivity index (χ0) is 18.9. The molecule has 2 aromatic carbocycles. The van der Waals surface area contributed by atoms with Gasteiger partial charge in [-0.1, -0.05) is 35.9 Å². The normalized spacial score (nSPS) is 19.6. The summed E-state index contributed by atoms with van der Waals surface area (Å²) >= 11 is 6.13. The summed E-state index contributed by atoms with van der Waals surface area (Å²) in [5, 5.41) is 3.82. The number of likely N-dealkylation sites (N-methyl/N-ethyl adjacent to an activating group) is 1. The minimum Gasteiger partial charge on any atom is -0.325 e. The Kier molecular flexibility index (Phi) is 5.22. The number of carbonyl (C=O) groups is 1. The topological polar surface area (TPSA) is 35.6 Å². The van der Waals surface area contributed by atoms with Crippen molar-refractivity contribution in [2.24, 2.45) is 0 Å². The molecule has 2 aromatic rings. The number of amides is 1. The van der Waals surface area contributed by atoms with E-state index in [0.29, 0.717) is 5.02 Å². The van der Waals surface area contributed by atoms with Gasteiger partial charge in [-0.25, -0.2) is 0 Å². The van der Waals surface area contributed by atoms with Crippen LogP contribution in [0.25, 0.3) is 0 Å². The van der Waals surface area contributed by atoms with Crippen LogP contribution in [0.4, 0.5) is 5.69 Å². The van der Waals surface area contributed by atoms with Crippen LogP contribution >= 0.6 is 11.6 Å². The molecule has 0 unspecified atom stereocenters. The van der Waals surface area contributed by atoms with Gasteiger partial charge in [0.1, 0.15) is 0 Å². The number of nitrogens with zero attached hydrogens (tertiary/aromatic N) is 2. The standard InChI is InChI=1S/C22H26ClN3O/c1-25-10-12-26(13-11-25)16-17-4-2-7-20(14-17)24-21(27)22(8-9-22)18-5-3-6-19(23)15-18/h2-7,14-15H,8-13,16H2,1H3,(H,24,27). The van der Waals surface area contributed by atoms with Crippen LogP contribution in [-0.4, -0.2) is 48.9 Å². The molecule has 0 atom stereocenters. The third-order valence-corrected chi connectivity index (χ3v) is 5.98. The molecule has 0 aromatic heterocycles. The van der Waals surface area contributed by atoms with Crippen LogP contribution in [0.3, 0.4) is 0 Å². The van der Waals surface area contributed by atoms with Gasteiger partial charge in [-0.2, -0.15) is 0 Å². The Bertz CT molecular complexity index is 826. The number of hydrogen-bond donors (Lipinski definition) is 1. The Morgan fingerprint density at radius 1 is 1.07 bits per heavy atom. The Balaban J connectivity index is 1.43. The molecule has 142 valence electrons. The van der Waals surface area contributed by atoms with Crippen LogP contribution in [0.1, 0.15) is 24.0 Å². The summed E-state index contributed by atoms with van der Waals surface area (Å²) in [6, 6.07) is 15.9. The number of carbonyl (C=O) groups excluding carboxylic acids is 1. The summed E-state index contributed by atoms with van der Waals surface area (Å²) in [4.78, 5) is 17.8. The van der Waals surface area contributed by atoms with E-state index in [4.69, 9.17) is 11.6 Å². The first-order chi connectivity index (χ1) is 13.0. The van der Waals surface area contributed by atoms with Gasteiger partial charge in [0.2, 0.25) is 5.91 Å². The predicted molar refractivity (Wildman–Crippen MR) is 110 cm³/mol. The number of hydrogen-bond acceptors (Lipinski definition) is 3. The quantitative estimate of drug-likeness (QED) is 0.853. The third-order valence-electron chi connectivity index (χ3n) is 5.75. The smallest absolute Gasteiger partial charge is 0.235 e. The first kappa shape index (κ1) is 18.5. The average molecular weight is 384 g/mol. The second-order valence-corrected chi connectivity index (χ2v) is 8.26. The fourth-order valence-corrected chi connectivity index (χ4v) is 4.01. The van der Waals surface area contributed by atoms with Crippen molar-refractivity contribution >= 4 is 23.2 Å². The molecule has 1 aliphatic carbocycles. The van der Waals surface area contributed by atoms with Crippen LogP contribution in [0, 0.1) is 0 Å². The van der Waals surface area contributed by atoms with E-state index in [1.54, 1.807) is 0 Å². The molecular weight excluding hydrogens is 358 g/mol. The van der Waals surface area contributed by atoms with Gasteiger partial charge in [0, 0.05) is 43.4 Å². The highest BCUT2D eigenvalue weighted by molar-refractivity contribution is 6.30. The SMILES string of the molecule is CN1CCN(Cc2cccc(NC(=O)C3(c4cccc(Cl)c4)CC3)c2)CC1. The highest BCUT2D eigenvalue weighted by Crippen LogP contribution is 2.49. The lowest BCUT2D eigenvalue weighted by Gasteiger charge is -2.32. The monoisotopic (exact) mass is 383 g/mol. The molecule has 2 aliphatic rings. The molecular formula is C22H26ClN3O. The number of benzene rings is 2. The van der Waals surface area contributed by atoms with E-state index in [1.165, 1.54) is 5.56 Å². The van der Waals surface area contributed by atoms with Gasteiger partial charge < -0.3 is 10.2 Å². The van der Waals surface area contributed by atoms with Gasteiger partial charge in [0.25, 0.3) is 0 Å². The second kappa shape index (κ2) is 7.63. The molecule has 0 radical (unpaired) electrons. The fraction of sp³-hybridized carbons (Fsp3) is 0.409. The molecule has 1 N–H and O–H groups in total. The molecule has 2 fully saturated rings. The first-order valence-electron chi connectivity index (χ1n) is 9.62. The molecule has 4 rings (SSSR count). The maximum absolute atomic E-state index is 13.0. The van der Waals surface area contributed by atoms with Crippen molar-refractivity contribution in [3.8, 4) is 0 Å². The Morgan fingerprint density at radius 2 is 1.81 bits per heavy atom. The van der Waals surface area contributed by atoms with Crippen molar-refractivity contribution in [1.82, 2.24) is 9.80 Å². The average Bonchev–Trinajstić information content (AvgIpc) is 3.46. The second-order valence-electron chi connectivity index (χ2n) is 7.83. The minimum atomic E-state index is -0.418. The summed E-state index contributed by atoms with van der Waals surface area (Å²) in [5.41, 5.74) is 2.71. The van der Waals surface area contributed by atoms with E-state index in [-0.39, 0.29) is 5.91 Å². The van der Waals surface area contributed by atoms with E-state index >= 15 is 0 Å². The predicted octanol–water partition coefficient (Wildman–Crippen LogP) is 3.76. The van der Waals surface area contributed by atoms with Gasteiger partial charge in [0.15, 0.2) is 0 Å². The summed E-state index contributed by atoms with van der Waals surface area (Å²) in [7, 11) is 2.17. The molecule has 0 spiro atoms. The molecule has 1 saturated heterocycles. The van der Waals surface area contributed by atoms with Crippen LogP contribution < -0.4 is 5.32 Å². The van der Waals surface area contributed by atoms with Crippen molar-refractivity contribution in [1.29, 1.82) is 0 Å². The Hall–Kier alpha value is -1.88.